The number of nitrogens with zero attached hydrogens (tertiary/aromatic N) is 1. The Morgan fingerprint density at radius 3 is 2.44 bits per heavy atom. The Bertz CT molecular complexity index is 189. The summed E-state index contributed by atoms with van der Waals surface area (Å²) in [5.41, 5.74) is 0. The fourth-order valence-corrected chi connectivity index (χ4v) is 2.79. The normalized spacial score (nSPS) is 55.9. The molecule has 2 fully saturated rings. The lowest BCUT2D eigenvalue weighted by molar-refractivity contribution is -0.655. The van der Waals surface area contributed by atoms with E-state index in [0.717, 1.165) is 18.0 Å². The lowest BCUT2D eigenvalue weighted by Crippen LogP contribution is -2.10. The highest BCUT2D eigenvalue weighted by Crippen LogP contribution is 2.60. The maximum absolute atomic E-state index is 2.40. The predicted molar refractivity (Wildman–Crippen MR) is 35.4 cm³/mol. The highest BCUT2D eigenvalue weighted by atomic mass is 15.6. The SMILES string of the molecule is CC1CCC2C1[N+]21C=C1. The van der Waals surface area contributed by atoms with Crippen molar-refractivity contribution in [3.63, 3.8) is 0 Å². The van der Waals surface area contributed by atoms with Gasteiger partial charge in [0.25, 0.3) is 0 Å². The van der Waals surface area contributed by atoms with E-state index in [0.29, 0.717) is 0 Å². The molecule has 1 spiro atoms. The van der Waals surface area contributed by atoms with Crippen LogP contribution in [0.15, 0.2) is 12.4 Å². The van der Waals surface area contributed by atoms with E-state index in [1.54, 1.807) is 0 Å². The van der Waals surface area contributed by atoms with Gasteiger partial charge in [0.05, 0.1) is 0 Å². The summed E-state index contributed by atoms with van der Waals surface area (Å²) in [6.07, 6.45) is 7.70. The van der Waals surface area contributed by atoms with Gasteiger partial charge in [-0.05, 0) is 6.42 Å². The van der Waals surface area contributed by atoms with Gasteiger partial charge in [0.15, 0.2) is 24.5 Å². The number of quaternary nitrogens is 1. The quantitative estimate of drug-likeness (QED) is 0.337. The van der Waals surface area contributed by atoms with Crippen LogP contribution >= 0.6 is 0 Å². The lowest BCUT2D eigenvalue weighted by atomic mass is 10.1. The molecule has 1 aliphatic carbocycles. The van der Waals surface area contributed by atoms with Crippen LogP contribution in [0.5, 0.6) is 0 Å². The van der Waals surface area contributed by atoms with Gasteiger partial charge >= 0.3 is 0 Å². The van der Waals surface area contributed by atoms with Crippen LogP contribution in [0, 0.1) is 5.92 Å². The topological polar surface area (TPSA) is 0 Å². The third-order valence-electron chi connectivity index (χ3n) is 3.39. The molecule has 1 saturated carbocycles. The van der Waals surface area contributed by atoms with E-state index in [1.807, 2.05) is 0 Å². The Kier molecular flexibility index (Phi) is 0.495. The van der Waals surface area contributed by atoms with Crippen LogP contribution in [0.3, 0.4) is 0 Å². The lowest BCUT2D eigenvalue weighted by Gasteiger charge is -2.04. The zero-order valence-electron chi connectivity index (χ0n) is 5.75. The highest BCUT2D eigenvalue weighted by Gasteiger charge is 2.75. The van der Waals surface area contributed by atoms with Crippen LogP contribution < -0.4 is 0 Å². The standard InChI is InChI=1S/C8H12N/c1-6-2-3-7-8(6)9(7)4-5-9/h4-8H,2-3H2,1H3/q+1. The Morgan fingerprint density at radius 2 is 2.11 bits per heavy atom. The molecular formula is C8H12N+. The molecule has 0 bridgehead atoms. The fraction of sp³-hybridized carbons (Fsp3) is 0.750. The van der Waals surface area contributed by atoms with Gasteiger partial charge in [-0.25, -0.2) is 4.48 Å². The van der Waals surface area contributed by atoms with E-state index >= 15 is 0 Å². The predicted octanol–water partition coefficient (Wildman–Crippen LogP) is 1.47. The molecular weight excluding hydrogens is 110 g/mol. The zero-order chi connectivity index (χ0) is 6.06. The summed E-state index contributed by atoms with van der Waals surface area (Å²) >= 11 is 0. The van der Waals surface area contributed by atoms with Gasteiger partial charge in [-0.15, -0.1) is 0 Å². The Balaban J connectivity index is 1.92. The van der Waals surface area contributed by atoms with Crippen LogP contribution in [-0.2, 0) is 0 Å². The summed E-state index contributed by atoms with van der Waals surface area (Å²) in [7, 11) is 0. The van der Waals surface area contributed by atoms with Crippen LogP contribution in [0.4, 0.5) is 0 Å². The van der Waals surface area contributed by atoms with Crippen molar-refractivity contribution in [3.8, 4) is 0 Å². The first-order chi connectivity index (χ1) is 4.34. The first-order valence-electron chi connectivity index (χ1n) is 3.93. The van der Waals surface area contributed by atoms with E-state index in [1.165, 1.54) is 17.3 Å². The summed E-state index contributed by atoms with van der Waals surface area (Å²) in [6.45, 7) is 2.40. The maximum Gasteiger partial charge on any atom is 0.156 e. The molecule has 0 aromatic rings. The second-order valence-electron chi connectivity index (χ2n) is 3.81. The molecule has 0 amide bonds. The number of rotatable bonds is 0. The average Bonchev–Trinajstić information content (AvgIpc) is 2.69. The molecule has 1 saturated heterocycles. The van der Waals surface area contributed by atoms with Crippen LogP contribution in [0.1, 0.15) is 19.8 Å². The Labute approximate surface area is 55.6 Å². The molecule has 1 heteroatoms. The Hall–Kier alpha value is -0.300. The van der Waals surface area contributed by atoms with Crippen molar-refractivity contribution in [2.75, 3.05) is 0 Å². The van der Waals surface area contributed by atoms with E-state index in [2.05, 4.69) is 19.3 Å². The first kappa shape index (κ1) is 4.51. The van der Waals surface area contributed by atoms with Crippen LogP contribution in [-0.4, -0.2) is 16.6 Å². The summed E-state index contributed by atoms with van der Waals surface area (Å²) < 4.78 is 1.32. The van der Waals surface area contributed by atoms with Crippen LogP contribution in [0.2, 0.25) is 0 Å². The molecule has 3 unspecified atom stereocenters. The minimum absolute atomic E-state index is 1.00. The van der Waals surface area contributed by atoms with Gasteiger partial charge in [-0.3, -0.25) is 0 Å². The molecule has 1 nitrogen and oxygen atoms in total. The van der Waals surface area contributed by atoms with Gasteiger partial charge in [0.2, 0.25) is 0 Å². The number of hydrogen-bond acceptors (Lipinski definition) is 0. The van der Waals surface area contributed by atoms with Crippen molar-refractivity contribution in [2.45, 2.75) is 31.8 Å². The van der Waals surface area contributed by atoms with Gasteiger partial charge in [0.1, 0.15) is 0 Å². The minimum Gasteiger partial charge on any atom is -0.247 e. The van der Waals surface area contributed by atoms with E-state index in [9.17, 15) is 0 Å². The maximum atomic E-state index is 2.40. The molecule has 0 N–H and O–H groups in total. The van der Waals surface area contributed by atoms with Crippen molar-refractivity contribution < 1.29 is 4.48 Å². The third kappa shape index (κ3) is 0.326. The molecule has 0 aromatic heterocycles. The summed E-state index contributed by atoms with van der Waals surface area (Å²) in [6, 6.07) is 2.07. The number of piperidine rings is 1. The van der Waals surface area contributed by atoms with Crippen molar-refractivity contribution >= 4 is 0 Å². The minimum atomic E-state index is 1.00. The van der Waals surface area contributed by atoms with E-state index in [4.69, 9.17) is 0 Å². The summed E-state index contributed by atoms with van der Waals surface area (Å²) in [4.78, 5) is 0. The molecule has 3 atom stereocenters. The molecule has 3 rings (SSSR count). The molecule has 0 aromatic carbocycles. The fourth-order valence-electron chi connectivity index (χ4n) is 2.79. The third-order valence-corrected chi connectivity index (χ3v) is 3.39. The molecule has 2 heterocycles. The van der Waals surface area contributed by atoms with Crippen molar-refractivity contribution in [3.05, 3.63) is 12.4 Å². The van der Waals surface area contributed by atoms with E-state index < -0.39 is 0 Å². The number of hydrogen-bond donors (Lipinski definition) is 0. The van der Waals surface area contributed by atoms with Crippen molar-refractivity contribution in [1.82, 2.24) is 0 Å². The van der Waals surface area contributed by atoms with Gasteiger partial charge in [0, 0.05) is 12.3 Å². The second-order valence-corrected chi connectivity index (χ2v) is 3.81. The Morgan fingerprint density at radius 1 is 1.33 bits per heavy atom. The van der Waals surface area contributed by atoms with Crippen LogP contribution in [0.25, 0.3) is 0 Å². The average molecular weight is 122 g/mol. The molecule has 0 radical (unpaired) electrons. The zero-order valence-corrected chi connectivity index (χ0v) is 5.75. The second kappa shape index (κ2) is 0.988. The molecule has 9 heavy (non-hydrogen) atoms. The smallest absolute Gasteiger partial charge is 0.156 e. The molecule has 2 aliphatic heterocycles. The first-order valence-corrected chi connectivity index (χ1v) is 3.93. The number of fused-ring (bicyclic) bond motifs is 3. The van der Waals surface area contributed by atoms with Crippen molar-refractivity contribution in [2.24, 2.45) is 5.92 Å². The van der Waals surface area contributed by atoms with Crippen molar-refractivity contribution in [1.29, 1.82) is 0 Å². The monoisotopic (exact) mass is 122 g/mol. The van der Waals surface area contributed by atoms with Gasteiger partial charge in [-0.2, -0.15) is 0 Å². The largest absolute Gasteiger partial charge is 0.247 e. The molecule has 48 valence electrons. The summed E-state index contributed by atoms with van der Waals surface area (Å²) in [5.74, 6) is 1.00. The molecule has 3 aliphatic rings. The van der Waals surface area contributed by atoms with E-state index in [-0.39, 0.29) is 0 Å². The van der Waals surface area contributed by atoms with Gasteiger partial charge in [-0.1, -0.05) is 6.92 Å². The highest BCUT2D eigenvalue weighted by molar-refractivity contribution is 5.11. The summed E-state index contributed by atoms with van der Waals surface area (Å²) in [5, 5.41) is 0. The van der Waals surface area contributed by atoms with Gasteiger partial charge < -0.3 is 0 Å².